The summed E-state index contributed by atoms with van der Waals surface area (Å²) in [5.41, 5.74) is 2.16. The summed E-state index contributed by atoms with van der Waals surface area (Å²) in [7, 11) is 2.05. The smallest absolute Gasteiger partial charge is 0.273 e. The van der Waals surface area contributed by atoms with Crippen LogP contribution in [0.2, 0.25) is 5.02 Å². The van der Waals surface area contributed by atoms with E-state index in [9.17, 15) is 19.7 Å². The van der Waals surface area contributed by atoms with Crippen LogP contribution in [0.15, 0.2) is 36.5 Å². The fraction of sp³-hybridized carbons (Fsp3) is 0.448. The number of ether oxygens (including phenoxy) is 1. The van der Waals surface area contributed by atoms with Crippen LogP contribution < -0.4 is 15.5 Å². The van der Waals surface area contributed by atoms with Crippen LogP contribution in [0.3, 0.4) is 0 Å². The van der Waals surface area contributed by atoms with Crippen molar-refractivity contribution < 1.29 is 19.2 Å². The molecule has 2 fully saturated rings. The lowest BCUT2D eigenvalue weighted by Gasteiger charge is -2.35. The molecule has 0 aliphatic carbocycles. The van der Waals surface area contributed by atoms with Gasteiger partial charge in [-0.3, -0.25) is 24.6 Å². The lowest BCUT2D eigenvalue weighted by molar-refractivity contribution is -0.385. The molecule has 234 valence electrons. The minimum Gasteiger partial charge on any atom is -0.379 e. The highest BCUT2D eigenvalue weighted by molar-refractivity contribution is 6.34. The Bertz CT molecular complexity index is 1520. The number of nitro benzene ring substituents is 1. The molecule has 0 bridgehead atoms. The Morgan fingerprint density at radius 1 is 1.07 bits per heavy atom. The van der Waals surface area contributed by atoms with Gasteiger partial charge in [0.05, 0.1) is 52.0 Å². The van der Waals surface area contributed by atoms with Crippen molar-refractivity contribution in [2.75, 3.05) is 82.8 Å². The Hall–Kier alpha value is -4.11. The van der Waals surface area contributed by atoms with Gasteiger partial charge in [-0.2, -0.15) is 0 Å². The summed E-state index contributed by atoms with van der Waals surface area (Å²) in [6.07, 6.45) is 2.35. The maximum Gasteiger partial charge on any atom is 0.273 e. The van der Waals surface area contributed by atoms with E-state index in [0.717, 1.165) is 71.1 Å². The minimum atomic E-state index is -0.582. The van der Waals surface area contributed by atoms with E-state index in [1.54, 1.807) is 13.0 Å². The quantitative estimate of drug-likeness (QED) is 0.195. The SMILES string of the molecule is Cc1cc(Cl)c(C(=O)Nc2cc(-n3cc(C(=O)NCCCN4CCOCC4)nn3)ccc2N2CCN(C)CC2)cc1[N+](=O)[O-]. The van der Waals surface area contributed by atoms with Gasteiger partial charge in [0.25, 0.3) is 17.5 Å². The van der Waals surface area contributed by atoms with Gasteiger partial charge in [0.1, 0.15) is 0 Å². The van der Waals surface area contributed by atoms with Crippen LogP contribution in [0.4, 0.5) is 17.1 Å². The zero-order valence-electron chi connectivity index (χ0n) is 24.8. The molecule has 0 atom stereocenters. The number of hydrogen-bond acceptors (Lipinski definition) is 10. The zero-order chi connectivity index (χ0) is 31.2. The van der Waals surface area contributed by atoms with Gasteiger partial charge in [-0.25, -0.2) is 4.68 Å². The topological polar surface area (TPSA) is 151 Å². The number of aryl methyl sites for hydroxylation is 1. The molecule has 14 nitrogen and oxygen atoms in total. The van der Waals surface area contributed by atoms with Gasteiger partial charge in [0, 0.05) is 57.4 Å². The lowest BCUT2D eigenvalue weighted by atomic mass is 10.1. The van der Waals surface area contributed by atoms with Crippen LogP contribution in [-0.4, -0.2) is 114 Å². The van der Waals surface area contributed by atoms with Gasteiger partial charge in [-0.15, -0.1) is 5.10 Å². The number of carbonyl (C=O) groups is 2. The standard InChI is InChI=1S/C29H36ClN9O5/c1-20-16-23(30)22(18-27(20)39(42)43)28(40)32-24-17-21(4-5-26(24)37-10-8-35(2)9-11-37)38-19-25(33-34-38)29(41)31-6-3-7-36-12-14-44-15-13-36/h4-5,16-19H,3,6-15H2,1-2H3,(H,31,41)(H,32,40). The van der Waals surface area contributed by atoms with Gasteiger partial charge in [0.15, 0.2) is 5.69 Å². The molecule has 2 aliphatic heterocycles. The van der Waals surface area contributed by atoms with Crippen LogP contribution in [-0.2, 0) is 4.74 Å². The minimum absolute atomic E-state index is 0.00738. The van der Waals surface area contributed by atoms with Crippen molar-refractivity contribution in [3.05, 3.63) is 68.5 Å². The van der Waals surface area contributed by atoms with Gasteiger partial charge < -0.3 is 25.2 Å². The molecule has 0 radical (unpaired) electrons. The molecular formula is C29H36ClN9O5. The largest absolute Gasteiger partial charge is 0.379 e. The van der Waals surface area contributed by atoms with Crippen LogP contribution in [0.25, 0.3) is 5.69 Å². The first-order valence-electron chi connectivity index (χ1n) is 14.5. The van der Waals surface area contributed by atoms with Crippen molar-refractivity contribution in [3.63, 3.8) is 0 Å². The van der Waals surface area contributed by atoms with Crippen molar-refractivity contribution in [1.29, 1.82) is 0 Å². The average molecular weight is 626 g/mol. The number of aromatic nitrogens is 3. The maximum absolute atomic E-state index is 13.4. The van der Waals surface area contributed by atoms with E-state index in [0.29, 0.717) is 23.5 Å². The summed E-state index contributed by atoms with van der Waals surface area (Å²) in [5, 5.41) is 25.6. The molecule has 1 aromatic heterocycles. The zero-order valence-corrected chi connectivity index (χ0v) is 25.5. The number of nitrogens with one attached hydrogen (secondary N) is 2. The second-order valence-corrected chi connectivity index (χ2v) is 11.3. The molecule has 5 rings (SSSR count). The second-order valence-electron chi connectivity index (χ2n) is 10.9. The van der Waals surface area contributed by atoms with E-state index in [1.807, 2.05) is 12.1 Å². The summed E-state index contributed by atoms with van der Waals surface area (Å²) < 4.78 is 6.84. The first-order chi connectivity index (χ1) is 21.2. The monoisotopic (exact) mass is 625 g/mol. The van der Waals surface area contributed by atoms with Crippen LogP contribution >= 0.6 is 11.6 Å². The van der Waals surface area contributed by atoms with E-state index in [2.05, 4.69) is 42.7 Å². The number of hydrogen-bond donors (Lipinski definition) is 2. The molecular weight excluding hydrogens is 590 g/mol. The fourth-order valence-electron chi connectivity index (χ4n) is 5.23. The van der Waals surface area contributed by atoms with Crippen molar-refractivity contribution in [3.8, 4) is 5.69 Å². The molecule has 44 heavy (non-hydrogen) atoms. The predicted octanol–water partition coefficient (Wildman–Crippen LogP) is 2.59. The number of morpholine rings is 1. The number of nitro groups is 1. The number of amides is 2. The number of piperazine rings is 1. The summed E-state index contributed by atoms with van der Waals surface area (Å²) in [5.74, 6) is -0.905. The van der Waals surface area contributed by atoms with Crippen LogP contribution in [0.5, 0.6) is 0 Å². The molecule has 2 aromatic carbocycles. The highest BCUT2D eigenvalue weighted by Gasteiger charge is 2.23. The van der Waals surface area contributed by atoms with Gasteiger partial charge >= 0.3 is 0 Å². The third kappa shape index (κ3) is 7.50. The molecule has 3 heterocycles. The second kappa shape index (κ2) is 14.1. The van der Waals surface area contributed by atoms with E-state index in [4.69, 9.17) is 16.3 Å². The van der Waals surface area contributed by atoms with E-state index < -0.39 is 10.8 Å². The highest BCUT2D eigenvalue weighted by Crippen LogP contribution is 2.32. The van der Waals surface area contributed by atoms with E-state index in [-0.39, 0.29) is 27.9 Å². The number of anilines is 2. The number of rotatable bonds is 10. The molecule has 0 spiro atoms. The Labute approximate surface area is 260 Å². The summed E-state index contributed by atoms with van der Waals surface area (Å²) in [6, 6.07) is 8.06. The normalized spacial score (nSPS) is 16.1. The number of nitrogens with zero attached hydrogens (tertiary/aromatic N) is 7. The van der Waals surface area contributed by atoms with Crippen molar-refractivity contribution in [2.45, 2.75) is 13.3 Å². The Kier molecular flexibility index (Phi) is 10.0. The molecule has 0 unspecified atom stereocenters. The number of benzene rings is 2. The van der Waals surface area contributed by atoms with Crippen LogP contribution in [0.1, 0.15) is 32.8 Å². The Balaban J connectivity index is 1.33. The van der Waals surface area contributed by atoms with Crippen molar-refractivity contribution in [2.24, 2.45) is 0 Å². The highest BCUT2D eigenvalue weighted by atomic mass is 35.5. The molecule has 2 N–H and O–H groups in total. The molecule has 2 amide bonds. The molecule has 2 aliphatic rings. The lowest BCUT2D eigenvalue weighted by Crippen LogP contribution is -2.44. The number of halogens is 1. The first-order valence-corrected chi connectivity index (χ1v) is 14.9. The third-order valence-electron chi connectivity index (χ3n) is 7.83. The van der Waals surface area contributed by atoms with Gasteiger partial charge in [0.2, 0.25) is 0 Å². The van der Waals surface area contributed by atoms with Gasteiger partial charge in [-0.1, -0.05) is 16.8 Å². The Morgan fingerprint density at radius 3 is 2.55 bits per heavy atom. The van der Waals surface area contributed by atoms with Gasteiger partial charge in [-0.05, 0) is 51.2 Å². The van der Waals surface area contributed by atoms with Crippen LogP contribution in [0, 0.1) is 17.0 Å². The number of carbonyl (C=O) groups excluding carboxylic acids is 2. The molecule has 15 heteroatoms. The fourth-order valence-corrected chi connectivity index (χ4v) is 5.53. The molecule has 0 saturated carbocycles. The van der Waals surface area contributed by atoms with Crippen molar-refractivity contribution >= 4 is 40.5 Å². The summed E-state index contributed by atoms with van der Waals surface area (Å²) in [6.45, 7) is 9.41. The summed E-state index contributed by atoms with van der Waals surface area (Å²) in [4.78, 5) is 43.8. The third-order valence-corrected chi connectivity index (χ3v) is 8.14. The molecule has 3 aromatic rings. The molecule has 2 saturated heterocycles. The summed E-state index contributed by atoms with van der Waals surface area (Å²) >= 11 is 6.35. The maximum atomic E-state index is 13.4. The Morgan fingerprint density at radius 2 is 1.82 bits per heavy atom. The average Bonchev–Trinajstić information content (AvgIpc) is 3.51. The number of likely N-dealkylation sites (N-methyl/N-ethyl adjacent to an activating group) is 1. The van der Waals surface area contributed by atoms with E-state index >= 15 is 0 Å². The predicted molar refractivity (Wildman–Crippen MR) is 166 cm³/mol. The first kappa shape index (κ1) is 31.3. The van der Waals surface area contributed by atoms with Crippen molar-refractivity contribution in [1.82, 2.24) is 30.1 Å². The van der Waals surface area contributed by atoms with E-state index in [1.165, 1.54) is 23.0 Å².